The molecule has 0 bridgehead atoms. The fourth-order valence-corrected chi connectivity index (χ4v) is 4.58. The van der Waals surface area contributed by atoms with Crippen molar-refractivity contribution >= 4 is 34.6 Å². The lowest BCUT2D eigenvalue weighted by Gasteiger charge is -2.25. The quantitative estimate of drug-likeness (QED) is 0.270. The molecule has 0 radical (unpaired) electrons. The van der Waals surface area contributed by atoms with Crippen LogP contribution in [0.3, 0.4) is 0 Å². The van der Waals surface area contributed by atoms with Gasteiger partial charge in [0.2, 0.25) is 11.8 Å². The minimum atomic E-state index is -0.800. The number of nitro groups is 1. The number of nitrogens with one attached hydrogen (secondary N) is 2. The molecule has 5 rings (SSSR count). The van der Waals surface area contributed by atoms with Gasteiger partial charge in [-0.3, -0.25) is 29.6 Å². The van der Waals surface area contributed by atoms with Gasteiger partial charge >= 0.3 is 0 Å². The number of ether oxygens (including phenoxy) is 1. The van der Waals surface area contributed by atoms with Crippen LogP contribution in [0.25, 0.3) is 0 Å². The van der Waals surface area contributed by atoms with E-state index in [0.29, 0.717) is 49.0 Å². The van der Waals surface area contributed by atoms with Crippen LogP contribution in [0.15, 0.2) is 77.8 Å². The number of fused-ring (bicyclic) bond motifs is 1. The molecule has 2 amide bonds. The van der Waals surface area contributed by atoms with Gasteiger partial charge in [0, 0.05) is 43.0 Å². The van der Waals surface area contributed by atoms with Gasteiger partial charge < -0.3 is 15.4 Å². The van der Waals surface area contributed by atoms with Crippen molar-refractivity contribution in [1.29, 1.82) is 0 Å². The van der Waals surface area contributed by atoms with E-state index in [1.807, 2.05) is 54.6 Å². The molecule has 3 aromatic rings. The molecule has 10 heteroatoms. The predicted molar refractivity (Wildman–Crippen MR) is 143 cm³/mol. The van der Waals surface area contributed by atoms with Gasteiger partial charge in [0.1, 0.15) is 5.92 Å². The summed E-state index contributed by atoms with van der Waals surface area (Å²) in [4.78, 5) is 43.2. The highest BCUT2D eigenvalue weighted by atomic mass is 16.6. The van der Waals surface area contributed by atoms with E-state index in [4.69, 9.17) is 9.73 Å². The van der Waals surface area contributed by atoms with E-state index in [0.717, 1.165) is 24.2 Å². The summed E-state index contributed by atoms with van der Waals surface area (Å²) in [5.41, 5.74) is 3.75. The number of nitrogens with zero attached hydrogens (tertiary/aromatic N) is 3. The van der Waals surface area contributed by atoms with Crippen molar-refractivity contribution in [2.75, 3.05) is 38.2 Å². The highest BCUT2D eigenvalue weighted by molar-refractivity contribution is 6.24. The third-order valence-electron chi connectivity index (χ3n) is 6.57. The number of non-ortho nitro benzene ring substituents is 1. The van der Waals surface area contributed by atoms with Gasteiger partial charge in [0.05, 0.1) is 36.1 Å². The first-order valence-electron chi connectivity index (χ1n) is 12.4. The lowest BCUT2D eigenvalue weighted by Crippen LogP contribution is -2.43. The number of hydrogen-bond donors (Lipinski definition) is 2. The molecule has 0 aromatic heterocycles. The third-order valence-corrected chi connectivity index (χ3v) is 6.57. The van der Waals surface area contributed by atoms with Crippen LogP contribution in [-0.4, -0.2) is 60.2 Å². The highest BCUT2D eigenvalue weighted by Gasteiger charge is 2.36. The average molecular weight is 514 g/mol. The van der Waals surface area contributed by atoms with Gasteiger partial charge in [-0.15, -0.1) is 0 Å². The second kappa shape index (κ2) is 11.3. The molecule has 2 N–H and O–H groups in total. The van der Waals surface area contributed by atoms with Gasteiger partial charge in [-0.1, -0.05) is 42.5 Å². The molecule has 1 atom stereocenters. The first-order valence-corrected chi connectivity index (χ1v) is 12.4. The molecular weight excluding hydrogens is 486 g/mol. The SMILES string of the molecule is O=C(CN1CCOCC1)NCc1ccc(N=C(c2ccccc2)C2C(=O)Nc3ccc([N+](=O)[O-])cc32)cc1. The summed E-state index contributed by atoms with van der Waals surface area (Å²) in [5, 5.41) is 17.1. The Kier molecular flexibility index (Phi) is 7.52. The number of carbonyl (C=O) groups excluding carboxylic acids is 2. The van der Waals surface area contributed by atoms with Crippen LogP contribution in [0.4, 0.5) is 17.1 Å². The number of aliphatic imine (C=N–C) groups is 1. The minimum absolute atomic E-state index is 0.0413. The van der Waals surface area contributed by atoms with Crippen molar-refractivity contribution in [1.82, 2.24) is 10.2 Å². The first kappa shape index (κ1) is 25.2. The maximum absolute atomic E-state index is 13.1. The maximum Gasteiger partial charge on any atom is 0.269 e. The Morgan fingerprint density at radius 3 is 2.53 bits per heavy atom. The summed E-state index contributed by atoms with van der Waals surface area (Å²) >= 11 is 0. The number of amides is 2. The molecule has 10 nitrogen and oxygen atoms in total. The Hall–Kier alpha value is -4.41. The van der Waals surface area contributed by atoms with Crippen molar-refractivity contribution in [3.05, 3.63) is 99.6 Å². The van der Waals surface area contributed by atoms with Crippen molar-refractivity contribution in [2.24, 2.45) is 4.99 Å². The van der Waals surface area contributed by atoms with Crippen LogP contribution >= 0.6 is 0 Å². The molecule has 2 aliphatic heterocycles. The Labute approximate surface area is 219 Å². The molecule has 1 saturated heterocycles. The van der Waals surface area contributed by atoms with Crippen LogP contribution < -0.4 is 10.6 Å². The summed E-state index contributed by atoms with van der Waals surface area (Å²) in [6.45, 7) is 3.52. The fourth-order valence-electron chi connectivity index (χ4n) is 4.58. The van der Waals surface area contributed by atoms with Crippen molar-refractivity contribution in [3.63, 3.8) is 0 Å². The van der Waals surface area contributed by atoms with E-state index in [9.17, 15) is 19.7 Å². The van der Waals surface area contributed by atoms with Crippen LogP contribution in [0.2, 0.25) is 0 Å². The Morgan fingerprint density at radius 1 is 1.08 bits per heavy atom. The van der Waals surface area contributed by atoms with E-state index < -0.39 is 10.8 Å². The normalized spacial score (nSPS) is 17.5. The van der Waals surface area contributed by atoms with Gasteiger partial charge in [0.15, 0.2) is 0 Å². The van der Waals surface area contributed by atoms with Gasteiger partial charge in [-0.05, 0) is 29.3 Å². The number of hydrogen-bond acceptors (Lipinski definition) is 7. The fraction of sp³-hybridized carbons (Fsp3) is 0.250. The van der Waals surface area contributed by atoms with Gasteiger partial charge in [0.25, 0.3) is 5.69 Å². The Bertz CT molecular complexity index is 1370. The largest absolute Gasteiger partial charge is 0.379 e. The van der Waals surface area contributed by atoms with E-state index in [-0.39, 0.29) is 17.5 Å². The van der Waals surface area contributed by atoms with E-state index in [1.165, 1.54) is 12.1 Å². The number of carbonyl (C=O) groups is 2. The topological polar surface area (TPSA) is 126 Å². The number of morpholine rings is 1. The predicted octanol–water partition coefficient (Wildman–Crippen LogP) is 3.40. The number of rotatable bonds is 8. The summed E-state index contributed by atoms with van der Waals surface area (Å²) < 4.78 is 5.31. The second-order valence-corrected chi connectivity index (χ2v) is 9.15. The summed E-state index contributed by atoms with van der Waals surface area (Å²) in [5.74, 6) is -1.13. The van der Waals surface area contributed by atoms with Crippen LogP contribution in [0.5, 0.6) is 0 Å². The van der Waals surface area contributed by atoms with E-state index >= 15 is 0 Å². The molecule has 38 heavy (non-hydrogen) atoms. The molecule has 0 spiro atoms. The monoisotopic (exact) mass is 513 g/mol. The van der Waals surface area contributed by atoms with Crippen LogP contribution in [0, 0.1) is 10.1 Å². The molecule has 3 aromatic carbocycles. The summed E-state index contributed by atoms with van der Waals surface area (Å²) in [6.07, 6.45) is 0. The maximum atomic E-state index is 13.1. The number of benzene rings is 3. The Morgan fingerprint density at radius 2 is 1.82 bits per heavy atom. The molecule has 2 heterocycles. The Balaban J connectivity index is 1.36. The van der Waals surface area contributed by atoms with E-state index in [2.05, 4.69) is 15.5 Å². The molecule has 0 aliphatic carbocycles. The molecule has 1 fully saturated rings. The summed E-state index contributed by atoms with van der Waals surface area (Å²) in [7, 11) is 0. The zero-order valence-corrected chi connectivity index (χ0v) is 20.6. The van der Waals surface area contributed by atoms with Crippen molar-refractivity contribution in [3.8, 4) is 0 Å². The zero-order valence-electron chi connectivity index (χ0n) is 20.6. The third kappa shape index (κ3) is 5.77. The van der Waals surface area contributed by atoms with Gasteiger partial charge in [-0.25, -0.2) is 0 Å². The van der Waals surface area contributed by atoms with E-state index in [1.54, 1.807) is 6.07 Å². The average Bonchev–Trinajstić information content (AvgIpc) is 3.27. The lowest BCUT2D eigenvalue weighted by molar-refractivity contribution is -0.384. The van der Waals surface area contributed by atoms with Crippen molar-refractivity contribution < 1.29 is 19.2 Å². The smallest absolute Gasteiger partial charge is 0.269 e. The lowest BCUT2D eigenvalue weighted by atomic mass is 9.90. The van der Waals surface area contributed by atoms with Gasteiger partial charge in [-0.2, -0.15) is 0 Å². The molecule has 0 saturated carbocycles. The molecular formula is C28H27N5O5. The molecule has 1 unspecified atom stereocenters. The van der Waals surface area contributed by atoms with Crippen molar-refractivity contribution in [2.45, 2.75) is 12.5 Å². The minimum Gasteiger partial charge on any atom is -0.379 e. The highest BCUT2D eigenvalue weighted by Crippen LogP contribution is 2.38. The first-order chi connectivity index (χ1) is 18.5. The van der Waals surface area contributed by atoms with Crippen LogP contribution in [0.1, 0.15) is 22.6 Å². The standard InChI is InChI=1S/C28H27N5O5/c34-25(18-32-12-14-38-15-13-32)29-17-19-6-8-21(9-7-19)30-27(20-4-2-1-3-5-20)26-23-16-22(33(36)37)10-11-24(23)31-28(26)35/h1-11,16,26H,12-15,17-18H2,(H,29,34)(H,31,35). The molecule has 2 aliphatic rings. The number of nitro benzene ring substituents is 1. The second-order valence-electron chi connectivity index (χ2n) is 9.15. The summed E-state index contributed by atoms with van der Waals surface area (Å²) in [6, 6.07) is 21.1. The molecule has 194 valence electrons. The zero-order chi connectivity index (χ0) is 26.5. The van der Waals surface area contributed by atoms with Crippen LogP contribution in [-0.2, 0) is 20.9 Å². The number of anilines is 1.